The van der Waals surface area contributed by atoms with Crippen molar-refractivity contribution in [2.75, 3.05) is 13.1 Å². The molecule has 1 aromatic heterocycles. The van der Waals surface area contributed by atoms with E-state index in [2.05, 4.69) is 42.0 Å². The Morgan fingerprint density at radius 2 is 2.15 bits per heavy atom. The van der Waals surface area contributed by atoms with Gasteiger partial charge in [-0.1, -0.05) is 12.1 Å². The molecule has 1 aromatic rings. The summed E-state index contributed by atoms with van der Waals surface area (Å²) >= 11 is 0. The maximum atomic E-state index is 8.84. The molecule has 1 aliphatic rings. The van der Waals surface area contributed by atoms with Crippen molar-refractivity contribution in [3.8, 4) is 0 Å². The molecule has 2 rings (SSSR count). The highest BCUT2D eigenvalue weighted by Gasteiger charge is 2.34. The van der Waals surface area contributed by atoms with E-state index < -0.39 is 0 Å². The number of nitrogens with zero attached hydrogens (tertiary/aromatic N) is 4. The zero-order valence-corrected chi connectivity index (χ0v) is 12.6. The number of piperidine rings is 1. The number of amidine groups is 1. The second kappa shape index (κ2) is 5.83. The van der Waals surface area contributed by atoms with Crippen LogP contribution in [0.15, 0.2) is 17.4 Å². The Hall–Kier alpha value is -1.56. The van der Waals surface area contributed by atoms with Crippen LogP contribution in [0, 0.1) is 5.41 Å². The third-order valence-electron chi connectivity index (χ3n) is 4.26. The molecule has 6 nitrogen and oxygen atoms in total. The van der Waals surface area contributed by atoms with Crippen LogP contribution in [0.5, 0.6) is 0 Å². The minimum absolute atomic E-state index is 0.178. The van der Waals surface area contributed by atoms with E-state index in [1.807, 2.05) is 10.9 Å². The summed E-state index contributed by atoms with van der Waals surface area (Å²) in [4.78, 5) is 2.37. The van der Waals surface area contributed by atoms with Gasteiger partial charge < -0.3 is 10.9 Å². The van der Waals surface area contributed by atoms with Crippen LogP contribution in [0.25, 0.3) is 0 Å². The second-order valence-corrected chi connectivity index (χ2v) is 6.20. The smallest absolute Gasteiger partial charge is 0.145 e. The van der Waals surface area contributed by atoms with E-state index in [1.54, 1.807) is 0 Å². The van der Waals surface area contributed by atoms with Gasteiger partial charge in [-0.05, 0) is 45.8 Å². The molecule has 0 bridgehead atoms. The quantitative estimate of drug-likeness (QED) is 0.381. The summed E-state index contributed by atoms with van der Waals surface area (Å²) in [7, 11) is 0. The van der Waals surface area contributed by atoms with Gasteiger partial charge >= 0.3 is 0 Å². The van der Waals surface area contributed by atoms with E-state index in [9.17, 15) is 0 Å². The summed E-state index contributed by atoms with van der Waals surface area (Å²) in [5.74, 6) is 0.348. The van der Waals surface area contributed by atoms with Gasteiger partial charge in [-0.2, -0.15) is 5.10 Å². The number of aromatic nitrogens is 2. The second-order valence-electron chi connectivity index (χ2n) is 6.20. The fourth-order valence-corrected chi connectivity index (χ4v) is 2.56. The Morgan fingerprint density at radius 3 is 2.65 bits per heavy atom. The maximum absolute atomic E-state index is 8.84. The summed E-state index contributed by atoms with van der Waals surface area (Å²) < 4.78 is 1.99. The molecule has 1 saturated heterocycles. The van der Waals surface area contributed by atoms with Gasteiger partial charge in [0.2, 0.25) is 0 Å². The largest absolute Gasteiger partial charge is 0.409 e. The van der Waals surface area contributed by atoms with Crippen molar-refractivity contribution in [3.63, 3.8) is 0 Å². The summed E-state index contributed by atoms with van der Waals surface area (Å²) in [6, 6.07) is 2.48. The highest BCUT2D eigenvalue weighted by molar-refractivity contribution is 5.85. The van der Waals surface area contributed by atoms with Crippen molar-refractivity contribution in [2.24, 2.45) is 16.3 Å². The van der Waals surface area contributed by atoms with Gasteiger partial charge in [-0.3, -0.25) is 9.58 Å². The first kappa shape index (κ1) is 14.8. The van der Waals surface area contributed by atoms with Gasteiger partial charge in [0.05, 0.1) is 5.69 Å². The van der Waals surface area contributed by atoms with Crippen LogP contribution in [0.1, 0.15) is 45.3 Å². The third kappa shape index (κ3) is 3.12. The zero-order valence-electron chi connectivity index (χ0n) is 12.6. The molecule has 3 N–H and O–H groups in total. The van der Waals surface area contributed by atoms with Crippen LogP contribution in [0.2, 0.25) is 0 Å². The van der Waals surface area contributed by atoms with E-state index in [4.69, 9.17) is 10.9 Å². The van der Waals surface area contributed by atoms with Gasteiger partial charge in [-0.25, -0.2) is 0 Å². The molecule has 0 radical (unpaired) electrons. The first-order chi connectivity index (χ1) is 9.44. The Morgan fingerprint density at radius 1 is 1.50 bits per heavy atom. The minimum atomic E-state index is -0.178. The molecule has 6 heteroatoms. The first-order valence-corrected chi connectivity index (χ1v) is 7.19. The normalized spacial score (nSPS) is 20.5. The molecule has 112 valence electrons. The molecule has 20 heavy (non-hydrogen) atoms. The van der Waals surface area contributed by atoms with Crippen molar-refractivity contribution in [3.05, 3.63) is 18.0 Å². The topological polar surface area (TPSA) is 79.7 Å². The van der Waals surface area contributed by atoms with Gasteiger partial charge in [0.15, 0.2) is 0 Å². The van der Waals surface area contributed by atoms with Crippen LogP contribution in [-0.2, 0) is 6.54 Å². The summed E-state index contributed by atoms with van der Waals surface area (Å²) in [6.07, 6.45) is 3.85. The highest BCUT2D eigenvalue weighted by Crippen LogP contribution is 2.31. The lowest BCUT2D eigenvalue weighted by Crippen LogP contribution is -2.45. The molecule has 0 unspecified atom stereocenters. The SMILES string of the molecule is CC(C)n1ccc(CN2CCC(C)(/C(N)=N/O)CC2)n1. The lowest BCUT2D eigenvalue weighted by Gasteiger charge is -2.38. The number of nitrogens with two attached hydrogens (primary N) is 1. The van der Waals surface area contributed by atoms with Crippen molar-refractivity contribution in [1.29, 1.82) is 0 Å². The molecule has 0 aliphatic carbocycles. The molecular weight excluding hydrogens is 254 g/mol. The first-order valence-electron chi connectivity index (χ1n) is 7.19. The van der Waals surface area contributed by atoms with Crippen molar-refractivity contribution >= 4 is 5.84 Å². The van der Waals surface area contributed by atoms with Crippen molar-refractivity contribution in [2.45, 2.75) is 46.2 Å². The van der Waals surface area contributed by atoms with Crippen LogP contribution in [0.3, 0.4) is 0 Å². The van der Waals surface area contributed by atoms with E-state index in [0.29, 0.717) is 11.9 Å². The Bertz CT molecular complexity index is 472. The van der Waals surface area contributed by atoms with E-state index >= 15 is 0 Å². The average molecular weight is 279 g/mol. The summed E-state index contributed by atoms with van der Waals surface area (Å²) in [5.41, 5.74) is 6.71. The molecule has 0 atom stereocenters. The number of rotatable bonds is 4. The van der Waals surface area contributed by atoms with Crippen LogP contribution < -0.4 is 5.73 Å². The average Bonchev–Trinajstić information content (AvgIpc) is 2.89. The molecule has 2 heterocycles. The number of hydrogen-bond donors (Lipinski definition) is 2. The number of likely N-dealkylation sites (tertiary alicyclic amines) is 1. The predicted octanol–water partition coefficient (Wildman–Crippen LogP) is 1.81. The van der Waals surface area contributed by atoms with Crippen molar-refractivity contribution < 1.29 is 5.21 Å². The fourth-order valence-electron chi connectivity index (χ4n) is 2.56. The third-order valence-corrected chi connectivity index (χ3v) is 4.26. The molecule has 0 aromatic carbocycles. The molecule has 1 fully saturated rings. The van der Waals surface area contributed by atoms with Gasteiger partial charge in [0.25, 0.3) is 0 Å². The Balaban J connectivity index is 1.91. The molecule has 0 spiro atoms. The minimum Gasteiger partial charge on any atom is -0.409 e. The van der Waals surface area contributed by atoms with E-state index in [1.165, 1.54) is 0 Å². The van der Waals surface area contributed by atoms with Gasteiger partial charge in [0.1, 0.15) is 5.84 Å². The van der Waals surface area contributed by atoms with Crippen LogP contribution in [0.4, 0.5) is 0 Å². The van der Waals surface area contributed by atoms with Gasteiger partial charge in [-0.15, -0.1) is 0 Å². The van der Waals surface area contributed by atoms with E-state index in [-0.39, 0.29) is 5.41 Å². The molecule has 0 amide bonds. The van der Waals surface area contributed by atoms with Crippen LogP contribution in [-0.4, -0.2) is 38.8 Å². The Kier molecular flexibility index (Phi) is 4.32. The molecular formula is C14H25N5O. The van der Waals surface area contributed by atoms with Crippen molar-refractivity contribution in [1.82, 2.24) is 14.7 Å². The zero-order chi connectivity index (χ0) is 14.8. The Labute approximate surface area is 120 Å². The fraction of sp³-hybridized carbons (Fsp3) is 0.714. The lowest BCUT2D eigenvalue weighted by molar-refractivity contribution is 0.151. The highest BCUT2D eigenvalue weighted by atomic mass is 16.4. The summed E-state index contributed by atoms with van der Waals surface area (Å²) in [5, 5.41) is 16.6. The molecule has 1 aliphatic heterocycles. The van der Waals surface area contributed by atoms with E-state index in [0.717, 1.165) is 38.2 Å². The standard InChI is InChI=1S/C14H25N5O/c1-11(2)19-7-4-12(16-19)10-18-8-5-14(3,6-9-18)13(15)17-20/h4,7,11,20H,5-6,8-10H2,1-3H3,(H2,15,17). The summed E-state index contributed by atoms with van der Waals surface area (Å²) in [6.45, 7) is 9.07. The van der Waals surface area contributed by atoms with Gasteiger partial charge in [0, 0.05) is 24.2 Å². The monoisotopic (exact) mass is 279 g/mol. The number of hydrogen-bond acceptors (Lipinski definition) is 4. The predicted molar refractivity (Wildman–Crippen MR) is 78.6 cm³/mol. The van der Waals surface area contributed by atoms with Crippen LogP contribution >= 0.6 is 0 Å². The number of oxime groups is 1. The molecule has 0 saturated carbocycles. The maximum Gasteiger partial charge on any atom is 0.145 e. The lowest BCUT2D eigenvalue weighted by atomic mass is 9.79.